The Labute approximate surface area is 189 Å². The van der Waals surface area contributed by atoms with Crippen molar-refractivity contribution in [1.82, 2.24) is 9.97 Å². The van der Waals surface area contributed by atoms with E-state index >= 15 is 0 Å². The van der Waals surface area contributed by atoms with E-state index in [0.29, 0.717) is 11.6 Å². The number of aromatic nitrogens is 2. The molecule has 0 unspecified atom stereocenters. The first-order chi connectivity index (χ1) is 15.3. The average Bonchev–Trinajstić information content (AvgIpc) is 3.29. The van der Waals surface area contributed by atoms with Crippen LogP contribution in [0.3, 0.4) is 0 Å². The number of benzene rings is 2. The van der Waals surface area contributed by atoms with Crippen molar-refractivity contribution in [1.29, 1.82) is 0 Å². The first-order valence-electron chi connectivity index (χ1n) is 9.79. The maximum atomic E-state index is 13.3. The number of nitrogens with zero attached hydrogens (tertiary/aromatic N) is 3. The lowest BCUT2D eigenvalue weighted by Gasteiger charge is -2.16. The molecule has 1 fully saturated rings. The standard InChI is InChI=1S/C21H19ClFN5O3S/c22-18-13-24-21(28-10-1-2-11-28)26-19(18)20(29)25-15-6-8-17(9-7-15)32(30,31)27-16-5-3-4-14(23)12-16/h3-9,12-13,27H,1-2,10-11H2,(H,25,29). The number of nitrogens with one attached hydrogen (secondary N) is 2. The summed E-state index contributed by atoms with van der Waals surface area (Å²) in [4.78, 5) is 23.1. The smallest absolute Gasteiger partial charge is 0.276 e. The lowest BCUT2D eigenvalue weighted by Crippen LogP contribution is -2.23. The number of carbonyl (C=O) groups excluding carboxylic acids is 1. The van der Waals surface area contributed by atoms with E-state index in [9.17, 15) is 17.6 Å². The van der Waals surface area contributed by atoms with Crippen LogP contribution in [0, 0.1) is 5.82 Å². The van der Waals surface area contributed by atoms with Gasteiger partial charge < -0.3 is 10.2 Å². The molecule has 8 nitrogen and oxygen atoms in total. The molecule has 0 aliphatic carbocycles. The molecule has 1 amide bonds. The molecule has 1 aliphatic heterocycles. The van der Waals surface area contributed by atoms with Gasteiger partial charge in [0, 0.05) is 18.8 Å². The van der Waals surface area contributed by atoms with Crippen molar-refractivity contribution in [2.45, 2.75) is 17.7 Å². The van der Waals surface area contributed by atoms with Gasteiger partial charge in [-0.25, -0.2) is 22.8 Å². The average molecular weight is 476 g/mol. The molecule has 4 rings (SSSR count). The second-order valence-corrected chi connectivity index (χ2v) is 9.24. The van der Waals surface area contributed by atoms with Gasteiger partial charge in [0.15, 0.2) is 5.69 Å². The number of rotatable bonds is 6. The van der Waals surface area contributed by atoms with Crippen LogP contribution in [0.5, 0.6) is 0 Å². The largest absolute Gasteiger partial charge is 0.341 e. The maximum Gasteiger partial charge on any atom is 0.276 e. The van der Waals surface area contributed by atoms with Gasteiger partial charge in [-0.2, -0.15) is 0 Å². The summed E-state index contributed by atoms with van der Waals surface area (Å²) in [5.74, 6) is -0.646. The highest BCUT2D eigenvalue weighted by Crippen LogP contribution is 2.22. The normalized spacial score (nSPS) is 13.8. The summed E-state index contributed by atoms with van der Waals surface area (Å²) in [5.41, 5.74) is 0.500. The van der Waals surface area contributed by atoms with Crippen LogP contribution in [-0.2, 0) is 10.0 Å². The molecule has 2 N–H and O–H groups in total. The third-order valence-corrected chi connectivity index (χ3v) is 6.51. The Morgan fingerprint density at radius 3 is 2.47 bits per heavy atom. The minimum Gasteiger partial charge on any atom is -0.341 e. The van der Waals surface area contributed by atoms with Gasteiger partial charge in [-0.15, -0.1) is 0 Å². The van der Waals surface area contributed by atoms with Crippen LogP contribution >= 0.6 is 11.6 Å². The molecule has 0 saturated carbocycles. The summed E-state index contributed by atoms with van der Waals surface area (Å²) in [6.07, 6.45) is 3.47. The van der Waals surface area contributed by atoms with E-state index in [0.717, 1.165) is 32.0 Å². The molecule has 0 radical (unpaired) electrons. The predicted molar refractivity (Wildman–Crippen MR) is 120 cm³/mol. The number of anilines is 3. The Morgan fingerprint density at radius 1 is 1.06 bits per heavy atom. The van der Waals surface area contributed by atoms with Crippen molar-refractivity contribution in [3.05, 3.63) is 71.3 Å². The highest BCUT2D eigenvalue weighted by atomic mass is 35.5. The lowest BCUT2D eigenvalue weighted by atomic mass is 10.3. The fraction of sp³-hybridized carbons (Fsp3) is 0.190. The van der Waals surface area contributed by atoms with E-state index in [-0.39, 0.29) is 21.3 Å². The van der Waals surface area contributed by atoms with Crippen LogP contribution in [0.15, 0.2) is 59.6 Å². The monoisotopic (exact) mass is 475 g/mol. The van der Waals surface area contributed by atoms with Crippen molar-refractivity contribution in [2.75, 3.05) is 28.0 Å². The van der Waals surface area contributed by atoms with Gasteiger partial charge in [-0.3, -0.25) is 9.52 Å². The quantitative estimate of drug-likeness (QED) is 0.560. The lowest BCUT2D eigenvalue weighted by molar-refractivity contribution is 0.102. The van der Waals surface area contributed by atoms with Crippen LogP contribution in [0.2, 0.25) is 5.02 Å². The Balaban J connectivity index is 1.48. The SMILES string of the molecule is O=C(Nc1ccc(S(=O)(=O)Nc2cccc(F)c2)cc1)c1nc(N2CCCC2)ncc1Cl. The van der Waals surface area contributed by atoms with Gasteiger partial charge >= 0.3 is 0 Å². The van der Waals surface area contributed by atoms with E-state index in [1.165, 1.54) is 48.7 Å². The molecule has 0 spiro atoms. The highest BCUT2D eigenvalue weighted by molar-refractivity contribution is 7.92. The summed E-state index contributed by atoms with van der Waals surface area (Å²) in [7, 11) is -3.93. The van der Waals surface area contributed by atoms with Crippen LogP contribution in [0.1, 0.15) is 23.3 Å². The van der Waals surface area contributed by atoms with Gasteiger partial charge in [0.25, 0.3) is 15.9 Å². The maximum absolute atomic E-state index is 13.3. The van der Waals surface area contributed by atoms with E-state index < -0.39 is 21.7 Å². The molecule has 1 aliphatic rings. The van der Waals surface area contributed by atoms with Crippen LogP contribution in [0.4, 0.5) is 21.7 Å². The minimum absolute atomic E-state index is 0.0352. The Hall–Kier alpha value is -3.24. The van der Waals surface area contributed by atoms with Crippen LogP contribution in [0.25, 0.3) is 0 Å². The van der Waals surface area contributed by atoms with Gasteiger partial charge in [0.05, 0.1) is 21.8 Å². The molecule has 2 aromatic carbocycles. The van der Waals surface area contributed by atoms with E-state index in [1.54, 1.807) is 0 Å². The van der Waals surface area contributed by atoms with Crippen molar-refractivity contribution in [3.63, 3.8) is 0 Å². The summed E-state index contributed by atoms with van der Waals surface area (Å²) >= 11 is 6.12. The van der Waals surface area contributed by atoms with Crippen LogP contribution < -0.4 is 14.9 Å². The van der Waals surface area contributed by atoms with E-state index in [2.05, 4.69) is 20.0 Å². The van der Waals surface area contributed by atoms with E-state index in [4.69, 9.17) is 11.6 Å². The fourth-order valence-electron chi connectivity index (χ4n) is 3.26. The Bertz CT molecular complexity index is 1250. The van der Waals surface area contributed by atoms with Gasteiger partial charge in [0.2, 0.25) is 5.95 Å². The molecule has 3 aromatic rings. The second kappa shape index (κ2) is 9.09. The summed E-state index contributed by atoms with van der Waals surface area (Å²) in [5, 5.41) is 2.77. The van der Waals surface area contributed by atoms with Crippen molar-refractivity contribution >= 4 is 44.9 Å². The van der Waals surface area contributed by atoms with Crippen LogP contribution in [-0.4, -0.2) is 37.4 Å². The molecule has 0 atom stereocenters. The summed E-state index contributed by atoms with van der Waals surface area (Å²) < 4.78 is 40.6. The number of amides is 1. The molecule has 166 valence electrons. The number of halogens is 2. The number of hydrogen-bond donors (Lipinski definition) is 2. The molecular formula is C21H19ClFN5O3S. The van der Waals surface area contributed by atoms with Crippen molar-refractivity contribution < 1.29 is 17.6 Å². The molecular weight excluding hydrogens is 457 g/mol. The van der Waals surface area contributed by atoms with Gasteiger partial charge in [-0.05, 0) is 55.3 Å². The molecule has 2 heterocycles. The third kappa shape index (κ3) is 4.97. The van der Waals surface area contributed by atoms with E-state index in [1.807, 2.05) is 4.90 Å². The number of hydrogen-bond acceptors (Lipinski definition) is 6. The van der Waals surface area contributed by atoms with Gasteiger partial charge in [0.1, 0.15) is 5.82 Å². The summed E-state index contributed by atoms with van der Waals surface area (Å²) in [6, 6.07) is 10.7. The molecule has 1 aromatic heterocycles. The fourth-order valence-corrected chi connectivity index (χ4v) is 4.49. The molecule has 32 heavy (non-hydrogen) atoms. The molecule has 1 saturated heterocycles. The first kappa shape index (κ1) is 22.0. The van der Waals surface area contributed by atoms with Gasteiger partial charge in [-0.1, -0.05) is 17.7 Å². The number of sulfonamides is 1. The van der Waals surface area contributed by atoms with Crippen molar-refractivity contribution in [3.8, 4) is 0 Å². The third-order valence-electron chi connectivity index (χ3n) is 4.83. The minimum atomic E-state index is -3.93. The zero-order chi connectivity index (χ0) is 22.7. The first-order valence-corrected chi connectivity index (χ1v) is 11.7. The molecule has 0 bridgehead atoms. The topological polar surface area (TPSA) is 104 Å². The zero-order valence-electron chi connectivity index (χ0n) is 16.8. The molecule has 11 heteroatoms. The zero-order valence-corrected chi connectivity index (χ0v) is 18.3. The number of carbonyl (C=O) groups is 1. The highest BCUT2D eigenvalue weighted by Gasteiger charge is 2.20. The second-order valence-electron chi connectivity index (χ2n) is 7.16. The summed E-state index contributed by atoms with van der Waals surface area (Å²) in [6.45, 7) is 1.64. The Morgan fingerprint density at radius 2 is 1.78 bits per heavy atom. The Kier molecular flexibility index (Phi) is 6.24. The predicted octanol–water partition coefficient (Wildman–Crippen LogP) is 3.92. The van der Waals surface area contributed by atoms with Crippen molar-refractivity contribution in [2.24, 2.45) is 0 Å².